The molecule has 0 radical (unpaired) electrons. The molecule has 1 unspecified atom stereocenters. The number of rotatable bonds is 14. The normalized spacial score (nSPS) is 12.3. The topological polar surface area (TPSA) is 83.5 Å². The average molecular weight is 784 g/mol. The van der Waals surface area contributed by atoms with Gasteiger partial charge in [0, 0.05) is 29.1 Å². The van der Waals surface area contributed by atoms with E-state index in [0.29, 0.717) is 5.75 Å². The van der Waals surface area contributed by atoms with E-state index in [1.807, 2.05) is 24.3 Å². The molecule has 8 aromatic carbocycles. The molecule has 296 valence electrons. The Labute approximate surface area is 343 Å². The van der Waals surface area contributed by atoms with Gasteiger partial charge in [0.05, 0.1) is 26.0 Å². The number of ether oxygens (including phenoxy) is 5. The molecule has 0 heterocycles. The maximum Gasteiger partial charge on any atom is 0.513 e. The molecule has 0 aromatic heterocycles. The maximum atomic E-state index is 12.5. The van der Waals surface area contributed by atoms with Crippen molar-refractivity contribution in [3.8, 4) is 11.5 Å². The first-order valence-electron chi connectivity index (χ1n) is 19.7. The molecule has 59 heavy (non-hydrogen) atoms. The average Bonchev–Trinajstić information content (AvgIpc) is 3.26. The van der Waals surface area contributed by atoms with E-state index < -0.39 is 11.6 Å². The summed E-state index contributed by atoms with van der Waals surface area (Å²) in [5, 5.41) is 7.42. The predicted octanol–water partition coefficient (Wildman–Crippen LogP) is 11.8. The van der Waals surface area contributed by atoms with E-state index in [4.69, 9.17) is 23.7 Å². The minimum Gasteiger partial charge on any atom is -0.497 e. The lowest BCUT2D eigenvalue weighted by atomic mass is 9.71. The highest BCUT2D eigenvalue weighted by atomic mass is 16.7. The Hall–Kier alpha value is -6.90. The number of methoxy groups -OCH3 is 1. The summed E-state index contributed by atoms with van der Waals surface area (Å²) in [6, 6.07) is 53.0. The van der Waals surface area contributed by atoms with Crippen LogP contribution in [0.25, 0.3) is 32.3 Å². The van der Waals surface area contributed by atoms with Crippen LogP contribution in [0.3, 0.4) is 0 Å². The zero-order valence-corrected chi connectivity index (χ0v) is 33.6. The number of anilines is 3. The minimum atomic E-state index is -0.836. The SMILES string of the molecule is COc1ccc(C(C)(c2ccc(OC(=O)OCCOCCOC(C)=O)cc2)c2ccc(N(c3ccc(C)cc3)c3ccc4ccc5cccc6ccc3c4c56)cc2)cc1. The van der Waals surface area contributed by atoms with Crippen molar-refractivity contribution in [1.29, 1.82) is 0 Å². The van der Waals surface area contributed by atoms with Gasteiger partial charge < -0.3 is 28.6 Å². The Kier molecular flexibility index (Phi) is 11.2. The summed E-state index contributed by atoms with van der Waals surface area (Å²) >= 11 is 0. The molecule has 8 heteroatoms. The summed E-state index contributed by atoms with van der Waals surface area (Å²) in [5.41, 5.74) is 6.93. The van der Waals surface area contributed by atoms with Crippen molar-refractivity contribution >= 4 is 61.5 Å². The Bertz CT molecular complexity index is 2690. The lowest BCUT2D eigenvalue weighted by molar-refractivity contribution is -0.142. The molecule has 0 fully saturated rings. The van der Waals surface area contributed by atoms with Gasteiger partial charge in [0.15, 0.2) is 0 Å². The van der Waals surface area contributed by atoms with Crippen LogP contribution in [0.1, 0.15) is 36.1 Å². The van der Waals surface area contributed by atoms with Gasteiger partial charge in [-0.2, -0.15) is 0 Å². The first-order valence-corrected chi connectivity index (χ1v) is 19.7. The number of esters is 1. The van der Waals surface area contributed by atoms with Crippen molar-refractivity contribution in [1.82, 2.24) is 0 Å². The van der Waals surface area contributed by atoms with Crippen LogP contribution in [0.15, 0.2) is 152 Å². The number of benzene rings is 8. The number of hydrogen-bond donors (Lipinski definition) is 0. The first-order chi connectivity index (χ1) is 28.7. The van der Waals surface area contributed by atoms with Crippen LogP contribution in [-0.2, 0) is 24.4 Å². The molecule has 0 bridgehead atoms. The summed E-state index contributed by atoms with van der Waals surface area (Å²) in [7, 11) is 1.66. The molecule has 0 aliphatic rings. The summed E-state index contributed by atoms with van der Waals surface area (Å²) in [6.07, 6.45) is -0.836. The number of hydrogen-bond acceptors (Lipinski definition) is 8. The fourth-order valence-electron chi connectivity index (χ4n) is 7.92. The van der Waals surface area contributed by atoms with E-state index >= 15 is 0 Å². The quantitative estimate of drug-likeness (QED) is 0.0354. The molecule has 8 nitrogen and oxygen atoms in total. The predicted molar refractivity (Wildman–Crippen MR) is 234 cm³/mol. The zero-order chi connectivity index (χ0) is 40.9. The molecule has 1 atom stereocenters. The fraction of sp³-hybridized carbons (Fsp3) is 0.176. The van der Waals surface area contributed by atoms with E-state index in [-0.39, 0.29) is 32.4 Å². The molecule has 0 aliphatic carbocycles. The highest BCUT2D eigenvalue weighted by Gasteiger charge is 2.32. The monoisotopic (exact) mass is 783 g/mol. The van der Waals surface area contributed by atoms with Crippen LogP contribution < -0.4 is 14.4 Å². The second kappa shape index (κ2) is 16.9. The lowest BCUT2D eigenvalue weighted by Crippen LogP contribution is -2.25. The Balaban J connectivity index is 1.12. The third-order valence-corrected chi connectivity index (χ3v) is 11.0. The number of aryl methyl sites for hydroxylation is 1. The van der Waals surface area contributed by atoms with Crippen LogP contribution in [0.5, 0.6) is 11.5 Å². The van der Waals surface area contributed by atoms with Gasteiger partial charge in [-0.15, -0.1) is 0 Å². The third kappa shape index (κ3) is 8.00. The van der Waals surface area contributed by atoms with Crippen molar-refractivity contribution in [3.63, 3.8) is 0 Å². The maximum absolute atomic E-state index is 12.5. The van der Waals surface area contributed by atoms with Crippen molar-refractivity contribution in [2.45, 2.75) is 26.2 Å². The first kappa shape index (κ1) is 38.9. The molecule has 0 saturated heterocycles. The second-order valence-corrected chi connectivity index (χ2v) is 14.7. The second-order valence-electron chi connectivity index (χ2n) is 14.7. The summed E-state index contributed by atoms with van der Waals surface area (Å²) < 4.78 is 26.3. The molecule has 0 aliphatic heterocycles. The third-order valence-electron chi connectivity index (χ3n) is 11.0. The highest BCUT2D eigenvalue weighted by molar-refractivity contribution is 6.25. The standard InChI is InChI=1S/C51H45NO7/c1-34-8-20-42(21-9-34)52(47-29-13-38-11-10-36-6-5-7-37-12-28-46(47)49(38)48(36)37)43-22-14-39(15-23-43)51(3,40-16-24-44(55-4)25-17-40)41-18-26-45(27-19-41)59-50(54)58-33-31-56-30-32-57-35(2)53/h5-29H,30-33H2,1-4H3. The molecular weight excluding hydrogens is 739 g/mol. The van der Waals surface area contributed by atoms with Gasteiger partial charge in [0.1, 0.15) is 24.7 Å². The van der Waals surface area contributed by atoms with E-state index in [0.717, 1.165) is 39.5 Å². The van der Waals surface area contributed by atoms with E-state index in [1.165, 1.54) is 44.8 Å². The molecule has 0 amide bonds. The van der Waals surface area contributed by atoms with Crippen molar-refractivity contribution in [2.75, 3.05) is 38.4 Å². The van der Waals surface area contributed by atoms with Gasteiger partial charge in [-0.25, -0.2) is 4.79 Å². The van der Waals surface area contributed by atoms with Crippen LogP contribution in [0, 0.1) is 6.92 Å². The zero-order valence-electron chi connectivity index (χ0n) is 33.6. The summed E-state index contributed by atoms with van der Waals surface area (Å²) in [6.45, 7) is 6.14. The molecule has 0 N–H and O–H groups in total. The van der Waals surface area contributed by atoms with Crippen LogP contribution in [0.4, 0.5) is 21.9 Å². The van der Waals surface area contributed by atoms with Gasteiger partial charge in [-0.05, 0) is 112 Å². The minimum absolute atomic E-state index is 0.000578. The summed E-state index contributed by atoms with van der Waals surface area (Å²) in [5.74, 6) is 0.744. The van der Waals surface area contributed by atoms with Gasteiger partial charge in [-0.3, -0.25) is 4.79 Å². The molecule has 8 aromatic rings. The molecular formula is C51H45NO7. The van der Waals surface area contributed by atoms with Crippen LogP contribution in [-0.4, -0.2) is 45.7 Å². The van der Waals surface area contributed by atoms with Crippen molar-refractivity contribution in [2.24, 2.45) is 0 Å². The number of nitrogens with zero attached hydrogens (tertiary/aromatic N) is 1. The highest BCUT2D eigenvalue weighted by Crippen LogP contribution is 2.45. The Morgan fingerprint density at radius 1 is 0.559 bits per heavy atom. The largest absolute Gasteiger partial charge is 0.513 e. The van der Waals surface area contributed by atoms with Crippen molar-refractivity contribution in [3.05, 3.63) is 174 Å². The van der Waals surface area contributed by atoms with E-state index in [9.17, 15) is 9.59 Å². The summed E-state index contributed by atoms with van der Waals surface area (Å²) in [4.78, 5) is 25.7. The van der Waals surface area contributed by atoms with Crippen LogP contribution in [0.2, 0.25) is 0 Å². The number of carbonyl (C=O) groups is 2. The fourth-order valence-corrected chi connectivity index (χ4v) is 7.92. The Morgan fingerprint density at radius 2 is 1.07 bits per heavy atom. The van der Waals surface area contributed by atoms with Crippen molar-refractivity contribution < 1.29 is 33.3 Å². The van der Waals surface area contributed by atoms with Crippen LogP contribution >= 0.6 is 0 Å². The molecule has 8 rings (SSSR count). The van der Waals surface area contributed by atoms with Gasteiger partial charge in [0.2, 0.25) is 0 Å². The van der Waals surface area contributed by atoms with Gasteiger partial charge in [-0.1, -0.05) is 103 Å². The molecule has 0 spiro atoms. The Morgan fingerprint density at radius 3 is 1.66 bits per heavy atom. The molecule has 0 saturated carbocycles. The van der Waals surface area contributed by atoms with Gasteiger partial charge >= 0.3 is 12.1 Å². The van der Waals surface area contributed by atoms with E-state index in [1.54, 1.807) is 19.2 Å². The lowest BCUT2D eigenvalue weighted by Gasteiger charge is -2.33. The number of carbonyl (C=O) groups excluding carboxylic acids is 2. The van der Waals surface area contributed by atoms with Gasteiger partial charge in [0.25, 0.3) is 0 Å². The van der Waals surface area contributed by atoms with E-state index in [2.05, 4.69) is 134 Å². The smallest absolute Gasteiger partial charge is 0.497 e.